The zero-order chi connectivity index (χ0) is 15.6. The van der Waals surface area contributed by atoms with Crippen LogP contribution < -0.4 is 0 Å². The number of hydrogen-bond donors (Lipinski definition) is 1. The van der Waals surface area contributed by atoms with Crippen molar-refractivity contribution >= 4 is 19.2 Å². The van der Waals surface area contributed by atoms with Crippen molar-refractivity contribution < 1.29 is 4.43 Å². The van der Waals surface area contributed by atoms with Crippen LogP contribution in [0.3, 0.4) is 0 Å². The lowest BCUT2D eigenvalue weighted by Crippen LogP contribution is -2.47. The third kappa shape index (κ3) is 3.09. The minimum absolute atomic E-state index is 0.627. The zero-order valence-electron chi connectivity index (χ0n) is 14.2. The lowest BCUT2D eigenvalue weighted by Gasteiger charge is -2.42. The number of fused-ring (bicyclic) bond motifs is 1. The van der Waals surface area contributed by atoms with E-state index >= 15 is 0 Å². The predicted octanol–water partition coefficient (Wildman–Crippen LogP) is 5.86. The van der Waals surface area contributed by atoms with Crippen molar-refractivity contribution in [1.29, 1.82) is 0 Å². The summed E-state index contributed by atoms with van der Waals surface area (Å²) in [5.74, 6) is 0. The SMILES string of the molecule is CC(C)[Si](OCc1cc2ccccc2[nH]1)(C(C)C)C(C)C. The van der Waals surface area contributed by atoms with Crippen molar-refractivity contribution in [2.75, 3.05) is 0 Å². The number of para-hydroxylation sites is 1. The van der Waals surface area contributed by atoms with Crippen molar-refractivity contribution in [3.63, 3.8) is 0 Å². The third-order valence-electron chi connectivity index (χ3n) is 4.77. The van der Waals surface area contributed by atoms with Crippen molar-refractivity contribution in [2.45, 2.75) is 64.8 Å². The number of H-pyrrole nitrogens is 1. The van der Waals surface area contributed by atoms with Gasteiger partial charge in [0.15, 0.2) is 0 Å². The average molecular weight is 304 g/mol. The highest BCUT2D eigenvalue weighted by molar-refractivity contribution is 6.77. The number of hydrogen-bond acceptors (Lipinski definition) is 1. The summed E-state index contributed by atoms with van der Waals surface area (Å²) in [6, 6.07) is 10.6. The topological polar surface area (TPSA) is 25.0 Å². The fourth-order valence-electron chi connectivity index (χ4n) is 3.91. The highest BCUT2D eigenvalue weighted by atomic mass is 28.4. The molecule has 0 atom stereocenters. The maximum absolute atomic E-state index is 6.64. The molecule has 0 aliphatic heterocycles. The number of benzene rings is 1. The first-order valence-electron chi connectivity index (χ1n) is 8.08. The Balaban J connectivity index is 2.21. The van der Waals surface area contributed by atoms with Crippen LogP contribution in [-0.4, -0.2) is 13.3 Å². The van der Waals surface area contributed by atoms with Gasteiger partial charge in [0.05, 0.1) is 6.61 Å². The summed E-state index contributed by atoms with van der Waals surface area (Å²) in [6.07, 6.45) is 0. The largest absolute Gasteiger partial charge is 0.410 e. The molecular weight excluding hydrogens is 274 g/mol. The maximum Gasteiger partial charge on any atom is 0.200 e. The molecule has 2 aromatic rings. The first-order valence-corrected chi connectivity index (χ1v) is 10.2. The van der Waals surface area contributed by atoms with Gasteiger partial charge in [0.1, 0.15) is 0 Å². The number of aromatic nitrogens is 1. The van der Waals surface area contributed by atoms with Crippen LogP contribution in [0.5, 0.6) is 0 Å². The molecule has 0 unspecified atom stereocenters. The van der Waals surface area contributed by atoms with Crippen LogP contribution in [0.1, 0.15) is 47.2 Å². The van der Waals surface area contributed by atoms with E-state index in [0.717, 1.165) is 0 Å². The molecule has 1 aromatic carbocycles. The monoisotopic (exact) mass is 303 g/mol. The second kappa shape index (κ2) is 6.37. The van der Waals surface area contributed by atoms with Crippen molar-refractivity contribution in [3.8, 4) is 0 Å². The Hall–Kier alpha value is -1.06. The first-order chi connectivity index (χ1) is 9.87. The minimum Gasteiger partial charge on any atom is -0.410 e. The van der Waals surface area contributed by atoms with Crippen LogP contribution in [0.4, 0.5) is 0 Å². The summed E-state index contributed by atoms with van der Waals surface area (Å²) in [5.41, 5.74) is 4.27. The van der Waals surface area contributed by atoms with Crippen LogP contribution in [0, 0.1) is 0 Å². The molecule has 21 heavy (non-hydrogen) atoms. The summed E-state index contributed by atoms with van der Waals surface area (Å²) >= 11 is 0. The predicted molar refractivity (Wildman–Crippen MR) is 94.1 cm³/mol. The lowest BCUT2D eigenvalue weighted by atomic mass is 10.2. The fourth-order valence-corrected chi connectivity index (χ4v) is 9.32. The zero-order valence-corrected chi connectivity index (χ0v) is 15.2. The highest BCUT2D eigenvalue weighted by Gasteiger charge is 2.45. The van der Waals surface area contributed by atoms with Crippen LogP contribution in [-0.2, 0) is 11.0 Å². The van der Waals surface area contributed by atoms with Gasteiger partial charge in [0.2, 0.25) is 8.32 Å². The second-order valence-electron chi connectivity index (χ2n) is 6.99. The molecule has 1 aromatic heterocycles. The number of rotatable bonds is 6. The fraction of sp³-hybridized carbons (Fsp3) is 0.556. The molecular formula is C18H29NOSi. The van der Waals surface area contributed by atoms with E-state index in [-0.39, 0.29) is 0 Å². The average Bonchev–Trinajstić information content (AvgIpc) is 2.80. The molecule has 3 heteroatoms. The number of aromatic amines is 1. The van der Waals surface area contributed by atoms with Gasteiger partial charge >= 0.3 is 0 Å². The molecule has 0 aliphatic rings. The molecule has 116 valence electrons. The molecule has 0 aliphatic carbocycles. The van der Waals surface area contributed by atoms with Gasteiger partial charge in [0.25, 0.3) is 0 Å². The van der Waals surface area contributed by atoms with Gasteiger partial charge in [-0.15, -0.1) is 0 Å². The molecule has 2 nitrogen and oxygen atoms in total. The standard InChI is InChI=1S/C18H29NOSi/c1-13(2)21(14(3)4,15(5)6)20-12-17-11-16-9-7-8-10-18(16)19-17/h7-11,13-15,19H,12H2,1-6H3. The van der Waals surface area contributed by atoms with E-state index in [1.165, 1.54) is 16.6 Å². The Labute approximate surface area is 130 Å². The molecule has 1 N–H and O–H groups in total. The van der Waals surface area contributed by atoms with Gasteiger partial charge in [-0.3, -0.25) is 0 Å². The molecule has 0 saturated heterocycles. The van der Waals surface area contributed by atoms with E-state index in [9.17, 15) is 0 Å². The molecule has 1 heterocycles. The summed E-state index contributed by atoms with van der Waals surface area (Å²) in [5, 5.41) is 1.27. The Morgan fingerprint density at radius 1 is 0.952 bits per heavy atom. The Morgan fingerprint density at radius 2 is 1.52 bits per heavy atom. The van der Waals surface area contributed by atoms with E-state index in [0.29, 0.717) is 23.2 Å². The molecule has 0 radical (unpaired) electrons. The third-order valence-corrected chi connectivity index (χ3v) is 10.8. The smallest absolute Gasteiger partial charge is 0.200 e. The summed E-state index contributed by atoms with van der Waals surface area (Å²) < 4.78 is 6.64. The van der Waals surface area contributed by atoms with Crippen LogP contribution in [0.15, 0.2) is 30.3 Å². The van der Waals surface area contributed by atoms with Gasteiger partial charge in [-0.2, -0.15) is 0 Å². The molecule has 2 rings (SSSR count). The second-order valence-corrected chi connectivity index (χ2v) is 12.4. The maximum atomic E-state index is 6.64. The van der Waals surface area contributed by atoms with Gasteiger partial charge in [-0.05, 0) is 34.1 Å². The Morgan fingerprint density at radius 3 is 2.05 bits per heavy atom. The van der Waals surface area contributed by atoms with Crippen LogP contribution >= 0.6 is 0 Å². The van der Waals surface area contributed by atoms with Gasteiger partial charge in [0, 0.05) is 11.2 Å². The molecule has 0 bridgehead atoms. The van der Waals surface area contributed by atoms with Gasteiger partial charge in [-0.1, -0.05) is 59.7 Å². The number of nitrogens with one attached hydrogen (secondary N) is 1. The summed E-state index contributed by atoms with van der Waals surface area (Å²) in [6.45, 7) is 14.7. The normalized spacial score (nSPS) is 13.0. The molecule has 0 spiro atoms. The van der Waals surface area contributed by atoms with E-state index < -0.39 is 8.32 Å². The van der Waals surface area contributed by atoms with Crippen LogP contribution in [0.2, 0.25) is 16.6 Å². The Bertz CT molecular complexity index is 531. The van der Waals surface area contributed by atoms with Gasteiger partial charge in [-0.25, -0.2) is 0 Å². The van der Waals surface area contributed by atoms with E-state index in [1.807, 2.05) is 0 Å². The molecule has 0 fully saturated rings. The van der Waals surface area contributed by atoms with E-state index in [4.69, 9.17) is 4.43 Å². The van der Waals surface area contributed by atoms with Crippen LogP contribution in [0.25, 0.3) is 10.9 Å². The first kappa shape index (κ1) is 16.3. The van der Waals surface area contributed by atoms with Crippen molar-refractivity contribution in [1.82, 2.24) is 4.98 Å². The highest BCUT2D eigenvalue weighted by Crippen LogP contribution is 2.42. The summed E-state index contributed by atoms with van der Waals surface area (Å²) in [7, 11) is -1.78. The quantitative estimate of drug-likeness (QED) is 0.664. The minimum atomic E-state index is -1.78. The lowest BCUT2D eigenvalue weighted by molar-refractivity contribution is 0.262. The molecule has 0 amide bonds. The van der Waals surface area contributed by atoms with E-state index in [1.54, 1.807) is 0 Å². The molecule has 0 saturated carbocycles. The Kier molecular flexibility index (Phi) is 4.94. The van der Waals surface area contributed by atoms with Crippen molar-refractivity contribution in [3.05, 3.63) is 36.0 Å². The summed E-state index contributed by atoms with van der Waals surface area (Å²) in [4.78, 5) is 3.48. The van der Waals surface area contributed by atoms with Gasteiger partial charge < -0.3 is 9.41 Å². The van der Waals surface area contributed by atoms with Crippen molar-refractivity contribution in [2.24, 2.45) is 0 Å². The van der Waals surface area contributed by atoms with E-state index in [2.05, 4.69) is 76.9 Å².